The van der Waals surface area contributed by atoms with Gasteiger partial charge in [0.2, 0.25) is 0 Å². The summed E-state index contributed by atoms with van der Waals surface area (Å²) in [4.78, 5) is 15.5. The molecule has 0 radical (unpaired) electrons. The van der Waals surface area contributed by atoms with Crippen LogP contribution in [0.5, 0.6) is 5.75 Å². The van der Waals surface area contributed by atoms with Crippen molar-refractivity contribution >= 4 is 5.97 Å². The van der Waals surface area contributed by atoms with Crippen molar-refractivity contribution in [2.45, 2.75) is 39.1 Å². The zero-order chi connectivity index (χ0) is 18.6. The zero-order valence-electron chi connectivity index (χ0n) is 14.0. The number of benzene rings is 1. The highest BCUT2D eigenvalue weighted by atomic mass is 19.4. The third-order valence-electron chi connectivity index (χ3n) is 3.18. The third-order valence-corrected chi connectivity index (χ3v) is 3.18. The summed E-state index contributed by atoms with van der Waals surface area (Å²) in [5, 5.41) is 4.11. The molecule has 6 nitrogen and oxygen atoms in total. The minimum atomic E-state index is -4.51. The van der Waals surface area contributed by atoms with Gasteiger partial charge in [0.05, 0.1) is 31.7 Å². The van der Waals surface area contributed by atoms with Crippen LogP contribution in [0, 0.1) is 0 Å². The van der Waals surface area contributed by atoms with Gasteiger partial charge in [-0.05, 0) is 32.0 Å². The number of halogens is 3. The molecule has 25 heavy (non-hydrogen) atoms. The molecule has 9 heteroatoms. The van der Waals surface area contributed by atoms with Gasteiger partial charge in [-0.3, -0.25) is 9.48 Å². The Kier molecular flexibility index (Phi) is 5.66. The van der Waals surface area contributed by atoms with Gasteiger partial charge in [0.1, 0.15) is 12.1 Å². The first-order chi connectivity index (χ1) is 11.7. The summed E-state index contributed by atoms with van der Waals surface area (Å²) >= 11 is 0. The van der Waals surface area contributed by atoms with Crippen molar-refractivity contribution < 1.29 is 27.4 Å². The third kappa shape index (κ3) is 5.20. The molecule has 136 valence electrons. The number of aromatic nitrogens is 3. The van der Waals surface area contributed by atoms with Crippen LogP contribution < -0.4 is 4.74 Å². The Morgan fingerprint density at radius 2 is 2.00 bits per heavy atom. The second-order valence-electron chi connectivity index (χ2n) is 5.57. The minimum absolute atomic E-state index is 0.0571. The normalized spacial score (nSPS) is 11.6. The number of ether oxygens (including phenoxy) is 2. The first kappa shape index (κ1) is 18.8. The van der Waals surface area contributed by atoms with Gasteiger partial charge in [-0.15, -0.1) is 0 Å². The van der Waals surface area contributed by atoms with Crippen LogP contribution >= 0.6 is 0 Å². The van der Waals surface area contributed by atoms with Crippen molar-refractivity contribution in [1.82, 2.24) is 14.8 Å². The Morgan fingerprint density at radius 1 is 1.28 bits per heavy atom. The van der Waals surface area contributed by atoms with E-state index in [1.165, 1.54) is 24.2 Å². The van der Waals surface area contributed by atoms with Crippen LogP contribution in [0.3, 0.4) is 0 Å². The van der Waals surface area contributed by atoms with E-state index in [0.29, 0.717) is 0 Å². The molecule has 0 atom stereocenters. The van der Waals surface area contributed by atoms with Crippen LogP contribution in [0.15, 0.2) is 24.5 Å². The van der Waals surface area contributed by atoms with Crippen molar-refractivity contribution in [3.63, 3.8) is 0 Å². The highest BCUT2D eigenvalue weighted by molar-refractivity contribution is 5.69. The number of hydrogen-bond acceptors (Lipinski definition) is 5. The van der Waals surface area contributed by atoms with E-state index in [0.717, 1.165) is 12.1 Å². The molecule has 1 aromatic carbocycles. The molecule has 2 rings (SSSR count). The number of esters is 1. The van der Waals surface area contributed by atoms with Crippen LogP contribution in [0.4, 0.5) is 13.2 Å². The number of alkyl halides is 3. The number of hydrogen-bond donors (Lipinski definition) is 0. The van der Waals surface area contributed by atoms with Gasteiger partial charge < -0.3 is 9.47 Å². The molecule has 0 aliphatic carbocycles. The Balaban J connectivity index is 2.17. The highest BCUT2D eigenvalue weighted by Crippen LogP contribution is 2.34. The molecule has 0 saturated carbocycles. The van der Waals surface area contributed by atoms with E-state index >= 15 is 0 Å². The summed E-state index contributed by atoms with van der Waals surface area (Å²) in [6, 6.07) is 3.28. The van der Waals surface area contributed by atoms with Gasteiger partial charge in [-0.2, -0.15) is 18.3 Å². The van der Waals surface area contributed by atoms with E-state index in [4.69, 9.17) is 9.47 Å². The number of nitrogens with zero attached hydrogens (tertiary/aromatic N) is 3. The fourth-order valence-corrected chi connectivity index (χ4v) is 2.07. The molecule has 0 bridgehead atoms. The van der Waals surface area contributed by atoms with Gasteiger partial charge in [0, 0.05) is 5.56 Å². The topological polar surface area (TPSA) is 66.2 Å². The van der Waals surface area contributed by atoms with Crippen LogP contribution in [-0.4, -0.2) is 33.9 Å². The fourth-order valence-electron chi connectivity index (χ4n) is 2.07. The summed E-state index contributed by atoms with van der Waals surface area (Å²) in [6.45, 7) is 3.70. The molecule has 2 aromatic rings. The molecule has 0 aliphatic rings. The summed E-state index contributed by atoms with van der Waals surface area (Å²) in [7, 11) is 1.28. The van der Waals surface area contributed by atoms with Crippen molar-refractivity contribution in [1.29, 1.82) is 0 Å². The highest BCUT2D eigenvalue weighted by Gasteiger charge is 2.31. The molecular formula is C16H18F3N3O3. The lowest BCUT2D eigenvalue weighted by Gasteiger charge is -2.10. The number of rotatable bonds is 6. The first-order valence-corrected chi connectivity index (χ1v) is 7.54. The second-order valence-corrected chi connectivity index (χ2v) is 5.57. The van der Waals surface area contributed by atoms with Gasteiger partial charge >= 0.3 is 12.1 Å². The van der Waals surface area contributed by atoms with Crippen LogP contribution in [0.25, 0.3) is 11.4 Å². The minimum Gasteiger partial charge on any atom is -0.497 e. The quantitative estimate of drug-likeness (QED) is 0.742. The first-order valence-electron chi connectivity index (χ1n) is 7.54. The predicted molar refractivity (Wildman–Crippen MR) is 82.9 cm³/mol. The van der Waals surface area contributed by atoms with Gasteiger partial charge in [0.15, 0.2) is 5.82 Å². The summed E-state index contributed by atoms with van der Waals surface area (Å²) in [6.07, 6.45) is -3.28. The molecule has 0 amide bonds. The lowest BCUT2D eigenvalue weighted by atomic mass is 10.1. The van der Waals surface area contributed by atoms with E-state index in [2.05, 4.69) is 10.1 Å². The van der Waals surface area contributed by atoms with E-state index in [1.807, 2.05) is 0 Å². The molecule has 0 saturated heterocycles. The van der Waals surface area contributed by atoms with Crippen molar-refractivity contribution in [2.75, 3.05) is 7.11 Å². The Hall–Kier alpha value is -2.58. The van der Waals surface area contributed by atoms with Gasteiger partial charge in [-0.25, -0.2) is 4.98 Å². The van der Waals surface area contributed by atoms with Gasteiger partial charge in [0.25, 0.3) is 0 Å². The number of methoxy groups -OCH3 is 1. The van der Waals surface area contributed by atoms with Crippen molar-refractivity contribution in [2.24, 2.45) is 0 Å². The molecular weight excluding hydrogens is 339 g/mol. The summed E-state index contributed by atoms with van der Waals surface area (Å²) < 4.78 is 50.2. The van der Waals surface area contributed by atoms with Crippen LogP contribution in [0.2, 0.25) is 0 Å². The molecule has 0 N–H and O–H groups in total. The second kappa shape index (κ2) is 7.54. The monoisotopic (exact) mass is 357 g/mol. The zero-order valence-corrected chi connectivity index (χ0v) is 14.0. The maximum Gasteiger partial charge on any atom is 0.416 e. The van der Waals surface area contributed by atoms with Crippen molar-refractivity contribution in [3.05, 3.63) is 30.1 Å². The summed E-state index contributed by atoms with van der Waals surface area (Å²) in [5.41, 5.74) is -0.672. The van der Waals surface area contributed by atoms with Crippen molar-refractivity contribution in [3.8, 4) is 17.1 Å². The molecule has 0 unspecified atom stereocenters. The molecule has 0 fully saturated rings. The Labute approximate surface area is 142 Å². The SMILES string of the molecule is COc1cc(-c2ncn(CCC(=O)OC(C)C)n2)cc(C(F)(F)F)c1. The van der Waals surface area contributed by atoms with Gasteiger partial charge in [-0.1, -0.05) is 0 Å². The Morgan fingerprint density at radius 3 is 2.60 bits per heavy atom. The average Bonchev–Trinajstić information content (AvgIpc) is 3.00. The van der Waals surface area contributed by atoms with E-state index in [1.54, 1.807) is 13.8 Å². The molecule has 1 heterocycles. The molecule has 0 aliphatic heterocycles. The smallest absolute Gasteiger partial charge is 0.416 e. The number of aryl methyl sites for hydroxylation is 1. The van der Waals surface area contributed by atoms with Crippen LogP contribution in [0.1, 0.15) is 25.8 Å². The van der Waals surface area contributed by atoms with Crippen LogP contribution in [-0.2, 0) is 22.3 Å². The predicted octanol–water partition coefficient (Wildman–Crippen LogP) is 3.31. The van der Waals surface area contributed by atoms with E-state index < -0.39 is 11.7 Å². The average molecular weight is 357 g/mol. The van der Waals surface area contributed by atoms with E-state index in [-0.39, 0.29) is 42.2 Å². The molecule has 0 spiro atoms. The lowest BCUT2D eigenvalue weighted by Crippen LogP contribution is -2.14. The van der Waals surface area contributed by atoms with E-state index in [9.17, 15) is 18.0 Å². The maximum absolute atomic E-state index is 13.0. The Bertz CT molecular complexity index is 742. The number of carbonyl (C=O) groups excluding carboxylic acids is 1. The largest absolute Gasteiger partial charge is 0.497 e. The maximum atomic E-state index is 13.0. The number of carbonyl (C=O) groups is 1. The standard InChI is InChI=1S/C16H18F3N3O3/c1-10(2)25-14(23)4-5-22-9-20-15(21-22)11-6-12(16(17,18)19)8-13(7-11)24-3/h6-10H,4-5H2,1-3H3. The summed E-state index contributed by atoms with van der Waals surface area (Å²) in [5.74, 6) is -0.212. The molecule has 1 aromatic heterocycles. The fraction of sp³-hybridized carbons (Fsp3) is 0.438. The lowest BCUT2D eigenvalue weighted by molar-refractivity contribution is -0.147.